The van der Waals surface area contributed by atoms with E-state index >= 15 is 0 Å². The van der Waals surface area contributed by atoms with Crippen LogP contribution in [0.2, 0.25) is 5.02 Å². The van der Waals surface area contributed by atoms with E-state index in [-0.39, 0.29) is 0 Å². The maximum absolute atomic E-state index is 6.08. The van der Waals surface area contributed by atoms with E-state index in [2.05, 4.69) is 10.6 Å². The first-order chi connectivity index (χ1) is 9.58. The van der Waals surface area contributed by atoms with Gasteiger partial charge in [0.05, 0.1) is 7.11 Å². The molecule has 0 radical (unpaired) electrons. The molecule has 0 heterocycles. The fourth-order valence-corrected chi connectivity index (χ4v) is 2.08. The summed E-state index contributed by atoms with van der Waals surface area (Å²) in [5, 5.41) is 7.39. The third kappa shape index (κ3) is 3.85. The van der Waals surface area contributed by atoms with Gasteiger partial charge >= 0.3 is 0 Å². The number of aryl methyl sites for hydroxylation is 1. The van der Waals surface area contributed by atoms with Gasteiger partial charge in [0.25, 0.3) is 0 Å². The largest absolute Gasteiger partial charge is 0.497 e. The van der Waals surface area contributed by atoms with Crippen LogP contribution in [0.5, 0.6) is 5.75 Å². The van der Waals surface area contributed by atoms with Gasteiger partial charge in [-0.05, 0) is 49.0 Å². The number of thiocarbonyl (C=S) groups is 1. The van der Waals surface area contributed by atoms with E-state index in [0.717, 1.165) is 22.7 Å². The first-order valence-electron chi connectivity index (χ1n) is 6.06. The van der Waals surface area contributed by atoms with E-state index in [4.69, 9.17) is 28.6 Å². The molecular weight excluding hydrogens is 292 g/mol. The van der Waals surface area contributed by atoms with Gasteiger partial charge in [-0.1, -0.05) is 23.7 Å². The van der Waals surface area contributed by atoms with Crippen molar-refractivity contribution in [2.45, 2.75) is 6.92 Å². The van der Waals surface area contributed by atoms with Gasteiger partial charge in [0.2, 0.25) is 0 Å². The van der Waals surface area contributed by atoms with Crippen LogP contribution < -0.4 is 15.4 Å². The van der Waals surface area contributed by atoms with Crippen LogP contribution in [0.15, 0.2) is 42.5 Å². The summed E-state index contributed by atoms with van der Waals surface area (Å²) in [5.74, 6) is 0.774. The summed E-state index contributed by atoms with van der Waals surface area (Å²) in [6.07, 6.45) is 0. The van der Waals surface area contributed by atoms with E-state index < -0.39 is 0 Å². The second-order valence-electron chi connectivity index (χ2n) is 4.28. The Balaban J connectivity index is 2.03. The van der Waals surface area contributed by atoms with E-state index in [1.165, 1.54) is 0 Å². The Labute approximate surface area is 128 Å². The van der Waals surface area contributed by atoms with Gasteiger partial charge in [0.15, 0.2) is 5.11 Å². The minimum atomic E-state index is 0.498. The Bertz CT molecular complexity index is 631. The van der Waals surface area contributed by atoms with Crippen LogP contribution >= 0.6 is 23.8 Å². The molecule has 0 aliphatic rings. The predicted molar refractivity (Wildman–Crippen MR) is 89.0 cm³/mol. The first kappa shape index (κ1) is 14.6. The highest BCUT2D eigenvalue weighted by Crippen LogP contribution is 2.21. The molecule has 0 bridgehead atoms. The number of rotatable bonds is 3. The van der Waals surface area contributed by atoms with Crippen LogP contribution in [-0.2, 0) is 0 Å². The molecule has 3 nitrogen and oxygen atoms in total. The quantitative estimate of drug-likeness (QED) is 0.820. The van der Waals surface area contributed by atoms with Crippen LogP contribution in [0.4, 0.5) is 11.4 Å². The lowest BCUT2D eigenvalue weighted by molar-refractivity contribution is 0.415. The second-order valence-corrected chi connectivity index (χ2v) is 5.09. The average molecular weight is 307 g/mol. The van der Waals surface area contributed by atoms with Crippen LogP contribution in [0.1, 0.15) is 5.56 Å². The number of hydrogen-bond donors (Lipinski definition) is 2. The SMILES string of the molecule is COc1cccc(NC(=S)Nc2ccc(C)c(Cl)c2)c1. The van der Waals surface area contributed by atoms with Gasteiger partial charge in [-0.3, -0.25) is 0 Å². The van der Waals surface area contributed by atoms with Crippen molar-refractivity contribution in [2.24, 2.45) is 0 Å². The summed E-state index contributed by atoms with van der Waals surface area (Å²) < 4.78 is 5.16. The monoisotopic (exact) mass is 306 g/mol. The first-order valence-corrected chi connectivity index (χ1v) is 6.85. The van der Waals surface area contributed by atoms with E-state index in [1.807, 2.05) is 49.4 Å². The van der Waals surface area contributed by atoms with Crippen LogP contribution in [-0.4, -0.2) is 12.2 Å². The normalized spacial score (nSPS) is 9.95. The van der Waals surface area contributed by atoms with Gasteiger partial charge in [-0.15, -0.1) is 0 Å². The Kier molecular flexibility index (Phi) is 4.82. The molecule has 0 aliphatic heterocycles. The summed E-state index contributed by atoms with van der Waals surface area (Å²) >= 11 is 11.3. The fourth-order valence-electron chi connectivity index (χ4n) is 1.66. The molecule has 0 fully saturated rings. The molecule has 0 saturated heterocycles. The van der Waals surface area contributed by atoms with E-state index in [0.29, 0.717) is 10.1 Å². The standard InChI is InChI=1S/C15H15ClN2OS/c1-10-6-7-12(9-14(10)16)18-15(20)17-11-4-3-5-13(8-11)19-2/h3-9H,1-2H3,(H2,17,18,20). The van der Waals surface area contributed by atoms with Crippen molar-refractivity contribution >= 4 is 40.3 Å². The summed E-state index contributed by atoms with van der Waals surface area (Å²) in [5.41, 5.74) is 2.74. The van der Waals surface area contributed by atoms with E-state index in [9.17, 15) is 0 Å². The highest BCUT2D eigenvalue weighted by Gasteiger charge is 2.02. The maximum atomic E-state index is 6.08. The Morgan fingerprint density at radius 3 is 2.45 bits per heavy atom. The Morgan fingerprint density at radius 2 is 1.80 bits per heavy atom. The maximum Gasteiger partial charge on any atom is 0.175 e. The molecule has 2 rings (SSSR count). The molecule has 0 aliphatic carbocycles. The second kappa shape index (κ2) is 6.59. The summed E-state index contributed by atoms with van der Waals surface area (Å²) in [7, 11) is 1.63. The Morgan fingerprint density at radius 1 is 1.10 bits per heavy atom. The topological polar surface area (TPSA) is 33.3 Å². The molecule has 5 heteroatoms. The molecular formula is C15H15ClN2OS. The highest BCUT2D eigenvalue weighted by atomic mass is 35.5. The van der Waals surface area contributed by atoms with Gasteiger partial charge < -0.3 is 15.4 Å². The fraction of sp³-hybridized carbons (Fsp3) is 0.133. The van der Waals surface area contributed by atoms with Crippen molar-refractivity contribution in [3.63, 3.8) is 0 Å². The lowest BCUT2D eigenvalue weighted by Crippen LogP contribution is -2.19. The smallest absolute Gasteiger partial charge is 0.175 e. The number of hydrogen-bond acceptors (Lipinski definition) is 2. The molecule has 0 atom stereocenters. The van der Waals surface area contributed by atoms with Crippen molar-refractivity contribution in [1.29, 1.82) is 0 Å². The molecule has 20 heavy (non-hydrogen) atoms. The zero-order valence-electron chi connectivity index (χ0n) is 11.2. The molecule has 0 spiro atoms. The number of ether oxygens (including phenoxy) is 1. The molecule has 2 N–H and O–H groups in total. The van der Waals surface area contributed by atoms with Gasteiger partial charge in [-0.25, -0.2) is 0 Å². The van der Waals surface area contributed by atoms with Gasteiger partial charge in [0, 0.05) is 22.5 Å². The zero-order chi connectivity index (χ0) is 14.5. The molecule has 2 aromatic rings. The minimum Gasteiger partial charge on any atom is -0.497 e. The van der Waals surface area contributed by atoms with E-state index in [1.54, 1.807) is 7.11 Å². The predicted octanol–water partition coefficient (Wildman–Crippen LogP) is 4.47. The van der Waals surface area contributed by atoms with Gasteiger partial charge in [0.1, 0.15) is 5.75 Å². The molecule has 0 unspecified atom stereocenters. The van der Waals surface area contributed by atoms with Crippen molar-refractivity contribution < 1.29 is 4.74 Å². The summed E-state index contributed by atoms with van der Waals surface area (Å²) in [6, 6.07) is 13.3. The minimum absolute atomic E-state index is 0.498. The highest BCUT2D eigenvalue weighted by molar-refractivity contribution is 7.80. The number of anilines is 2. The third-order valence-corrected chi connectivity index (χ3v) is 3.37. The van der Waals surface area contributed by atoms with Crippen molar-refractivity contribution in [1.82, 2.24) is 0 Å². The van der Waals surface area contributed by atoms with Crippen LogP contribution in [0, 0.1) is 6.92 Å². The summed E-state index contributed by atoms with van der Waals surface area (Å²) in [4.78, 5) is 0. The lowest BCUT2D eigenvalue weighted by atomic mass is 10.2. The molecule has 0 saturated carbocycles. The number of nitrogens with one attached hydrogen (secondary N) is 2. The molecule has 104 valence electrons. The van der Waals surface area contributed by atoms with Crippen LogP contribution in [0.25, 0.3) is 0 Å². The van der Waals surface area contributed by atoms with Crippen LogP contribution in [0.3, 0.4) is 0 Å². The number of benzene rings is 2. The zero-order valence-corrected chi connectivity index (χ0v) is 12.8. The average Bonchev–Trinajstić information content (AvgIpc) is 2.43. The molecule has 0 aromatic heterocycles. The van der Waals surface area contributed by atoms with Crippen molar-refractivity contribution in [3.05, 3.63) is 53.1 Å². The van der Waals surface area contributed by atoms with Crippen molar-refractivity contribution in [2.75, 3.05) is 17.7 Å². The Hall–Kier alpha value is -1.78. The number of methoxy groups -OCH3 is 1. The van der Waals surface area contributed by atoms with Gasteiger partial charge in [-0.2, -0.15) is 0 Å². The molecule has 0 amide bonds. The molecule has 2 aromatic carbocycles. The van der Waals surface area contributed by atoms with Crippen molar-refractivity contribution in [3.8, 4) is 5.75 Å². The number of halogens is 1. The third-order valence-electron chi connectivity index (χ3n) is 2.76. The summed E-state index contributed by atoms with van der Waals surface area (Å²) in [6.45, 7) is 1.96. The lowest BCUT2D eigenvalue weighted by Gasteiger charge is -2.12.